The summed E-state index contributed by atoms with van der Waals surface area (Å²) < 4.78 is 9.73. The van der Waals surface area contributed by atoms with Crippen molar-refractivity contribution in [3.05, 3.63) is 36.4 Å². The van der Waals surface area contributed by atoms with E-state index < -0.39 is 0 Å². The molecule has 120 valence electrons. The topological polar surface area (TPSA) is 70.1 Å². The zero-order valence-electron chi connectivity index (χ0n) is 13.6. The third kappa shape index (κ3) is 2.81. The van der Waals surface area contributed by atoms with Gasteiger partial charge in [-0.25, -0.2) is 14.6 Å². The van der Waals surface area contributed by atoms with E-state index in [-0.39, 0.29) is 6.04 Å². The summed E-state index contributed by atoms with van der Waals surface area (Å²) >= 11 is 0. The number of aromatic nitrogens is 5. The van der Waals surface area contributed by atoms with Crippen LogP contribution < -0.4 is 0 Å². The van der Waals surface area contributed by atoms with Crippen molar-refractivity contribution in [2.75, 3.05) is 6.61 Å². The molecular weight excluding hydrogens is 292 g/mol. The van der Waals surface area contributed by atoms with Gasteiger partial charge in [-0.1, -0.05) is 0 Å². The summed E-state index contributed by atoms with van der Waals surface area (Å²) in [6, 6.07) is 0.228. The zero-order chi connectivity index (χ0) is 16.4. The molecular formula is C16H20N6O. The normalized spacial score (nSPS) is 15.0. The van der Waals surface area contributed by atoms with E-state index in [2.05, 4.69) is 40.2 Å². The number of fused-ring (bicyclic) bond motifs is 1. The van der Waals surface area contributed by atoms with Gasteiger partial charge in [-0.3, -0.25) is 4.99 Å². The van der Waals surface area contributed by atoms with E-state index >= 15 is 0 Å². The summed E-state index contributed by atoms with van der Waals surface area (Å²) in [7, 11) is 0. The molecule has 0 aliphatic carbocycles. The molecule has 3 rings (SSSR count). The molecule has 7 heteroatoms. The Morgan fingerprint density at radius 3 is 2.96 bits per heavy atom. The second-order valence-electron chi connectivity index (χ2n) is 5.60. The Labute approximate surface area is 135 Å². The minimum Gasteiger partial charge on any atom is -0.491 e. The van der Waals surface area contributed by atoms with Crippen LogP contribution >= 0.6 is 0 Å². The molecule has 2 aromatic heterocycles. The van der Waals surface area contributed by atoms with Crippen molar-refractivity contribution in [2.45, 2.75) is 33.4 Å². The number of aliphatic imine (C=N–C) groups is 1. The molecule has 0 aromatic carbocycles. The van der Waals surface area contributed by atoms with Crippen LogP contribution in [0.25, 0.3) is 17.1 Å². The highest BCUT2D eigenvalue weighted by molar-refractivity contribution is 5.66. The minimum atomic E-state index is 0.228. The Kier molecular flexibility index (Phi) is 4.10. The van der Waals surface area contributed by atoms with E-state index in [1.807, 2.05) is 23.9 Å². The van der Waals surface area contributed by atoms with Crippen molar-refractivity contribution in [3.8, 4) is 11.5 Å². The van der Waals surface area contributed by atoms with Crippen molar-refractivity contribution in [1.29, 1.82) is 0 Å². The Morgan fingerprint density at radius 1 is 1.39 bits per heavy atom. The van der Waals surface area contributed by atoms with Gasteiger partial charge >= 0.3 is 0 Å². The molecule has 2 aromatic rings. The Hall–Kier alpha value is -2.70. The first-order valence-corrected chi connectivity index (χ1v) is 7.55. The third-order valence-corrected chi connectivity index (χ3v) is 3.69. The van der Waals surface area contributed by atoms with Crippen LogP contribution in [-0.2, 0) is 11.3 Å². The van der Waals surface area contributed by atoms with Gasteiger partial charge in [0, 0.05) is 24.0 Å². The lowest BCUT2D eigenvalue weighted by Gasteiger charge is -2.07. The fourth-order valence-corrected chi connectivity index (χ4v) is 2.57. The summed E-state index contributed by atoms with van der Waals surface area (Å²) in [6.07, 6.45) is 7.00. The number of rotatable bonds is 4. The standard InChI is InChI=1S/C16H20N6O/c1-11(2)22-16(18-10-19-22)13-9-21-7-8-23-14(5-6-17-4)12(3)15(21)20-13/h5-6,9-11H,4,7-8H2,1-3H3/b6-5-. The molecule has 0 fully saturated rings. The quantitative estimate of drug-likeness (QED) is 0.814. The lowest BCUT2D eigenvalue weighted by atomic mass is 10.2. The van der Waals surface area contributed by atoms with Crippen LogP contribution in [0.15, 0.2) is 35.6 Å². The number of hydrogen-bond acceptors (Lipinski definition) is 5. The molecule has 0 radical (unpaired) electrons. The van der Waals surface area contributed by atoms with Crippen LogP contribution in [0.5, 0.6) is 0 Å². The molecule has 0 amide bonds. The lowest BCUT2D eigenvalue weighted by molar-refractivity contribution is 0.218. The van der Waals surface area contributed by atoms with Crippen molar-refractivity contribution in [1.82, 2.24) is 24.3 Å². The molecule has 23 heavy (non-hydrogen) atoms. The van der Waals surface area contributed by atoms with E-state index in [1.54, 1.807) is 12.5 Å². The maximum absolute atomic E-state index is 5.76. The summed E-state index contributed by atoms with van der Waals surface area (Å²) in [5, 5.41) is 4.28. The van der Waals surface area contributed by atoms with E-state index in [0.717, 1.165) is 35.2 Å². The number of nitrogens with zero attached hydrogens (tertiary/aromatic N) is 6. The lowest BCUT2D eigenvalue weighted by Crippen LogP contribution is -2.05. The highest BCUT2D eigenvalue weighted by atomic mass is 16.5. The average Bonchev–Trinajstić information content (AvgIpc) is 3.13. The molecule has 0 spiro atoms. The smallest absolute Gasteiger partial charge is 0.178 e. The van der Waals surface area contributed by atoms with Crippen LogP contribution in [0.4, 0.5) is 0 Å². The molecule has 0 N–H and O–H groups in total. The maximum Gasteiger partial charge on any atom is 0.178 e. The highest BCUT2D eigenvalue weighted by Gasteiger charge is 2.20. The first-order valence-electron chi connectivity index (χ1n) is 7.55. The van der Waals surface area contributed by atoms with Crippen molar-refractivity contribution in [2.24, 2.45) is 4.99 Å². The van der Waals surface area contributed by atoms with Gasteiger partial charge in [0.2, 0.25) is 0 Å². The molecule has 0 saturated carbocycles. The van der Waals surface area contributed by atoms with Crippen LogP contribution in [0, 0.1) is 0 Å². The van der Waals surface area contributed by atoms with Gasteiger partial charge < -0.3 is 9.30 Å². The van der Waals surface area contributed by atoms with Crippen molar-refractivity contribution >= 4 is 12.3 Å². The van der Waals surface area contributed by atoms with Gasteiger partial charge in [-0.2, -0.15) is 5.10 Å². The highest BCUT2D eigenvalue weighted by Crippen LogP contribution is 2.27. The fraction of sp³-hybridized carbons (Fsp3) is 0.375. The molecule has 0 saturated heterocycles. The van der Waals surface area contributed by atoms with Gasteiger partial charge in [0.15, 0.2) is 5.82 Å². The van der Waals surface area contributed by atoms with Gasteiger partial charge in [0.1, 0.15) is 30.2 Å². The zero-order valence-corrected chi connectivity index (χ0v) is 13.6. The molecule has 1 aliphatic rings. The molecule has 0 unspecified atom stereocenters. The number of allylic oxidation sites excluding steroid dienone is 2. The third-order valence-electron chi connectivity index (χ3n) is 3.69. The fourth-order valence-electron chi connectivity index (χ4n) is 2.57. The van der Waals surface area contributed by atoms with Gasteiger partial charge in [0.25, 0.3) is 0 Å². The first kappa shape index (κ1) is 15.2. The molecule has 0 atom stereocenters. The predicted molar refractivity (Wildman–Crippen MR) is 88.9 cm³/mol. The monoisotopic (exact) mass is 312 g/mol. The summed E-state index contributed by atoms with van der Waals surface area (Å²) in [6.45, 7) is 10.9. The van der Waals surface area contributed by atoms with E-state index in [4.69, 9.17) is 9.72 Å². The van der Waals surface area contributed by atoms with Gasteiger partial charge in [-0.05, 0) is 33.6 Å². The maximum atomic E-state index is 5.76. The Morgan fingerprint density at radius 2 is 2.22 bits per heavy atom. The second-order valence-corrected chi connectivity index (χ2v) is 5.60. The summed E-state index contributed by atoms with van der Waals surface area (Å²) in [4.78, 5) is 12.9. The van der Waals surface area contributed by atoms with Crippen LogP contribution in [-0.4, -0.2) is 37.6 Å². The largest absolute Gasteiger partial charge is 0.491 e. The van der Waals surface area contributed by atoms with Gasteiger partial charge in [0.05, 0.1) is 6.54 Å². The van der Waals surface area contributed by atoms with Crippen molar-refractivity contribution < 1.29 is 4.74 Å². The molecule has 7 nitrogen and oxygen atoms in total. The number of imidazole rings is 1. The minimum absolute atomic E-state index is 0.228. The molecule has 0 bridgehead atoms. The van der Waals surface area contributed by atoms with Crippen LogP contribution in [0.1, 0.15) is 32.6 Å². The van der Waals surface area contributed by atoms with Gasteiger partial charge in [-0.15, -0.1) is 0 Å². The average molecular weight is 312 g/mol. The van der Waals surface area contributed by atoms with Crippen LogP contribution in [0.3, 0.4) is 0 Å². The van der Waals surface area contributed by atoms with Crippen LogP contribution in [0.2, 0.25) is 0 Å². The van der Waals surface area contributed by atoms with E-state index in [9.17, 15) is 0 Å². The van der Waals surface area contributed by atoms with Crippen molar-refractivity contribution in [3.63, 3.8) is 0 Å². The number of hydrogen-bond donors (Lipinski definition) is 0. The second kappa shape index (κ2) is 6.20. The van der Waals surface area contributed by atoms with E-state index in [0.29, 0.717) is 6.61 Å². The first-order chi connectivity index (χ1) is 11.1. The Balaban J connectivity index is 2.06. The summed E-state index contributed by atoms with van der Waals surface area (Å²) in [5.41, 5.74) is 1.78. The molecule has 1 aliphatic heterocycles. The number of ether oxygens (including phenoxy) is 1. The Bertz CT molecular complexity index is 780. The van der Waals surface area contributed by atoms with E-state index in [1.165, 1.54) is 0 Å². The molecule has 3 heterocycles. The summed E-state index contributed by atoms with van der Waals surface area (Å²) in [5.74, 6) is 2.41. The predicted octanol–water partition coefficient (Wildman–Crippen LogP) is 2.70. The SMILES string of the molecule is C=N/C=C\C1=C(C)c2nc(-c3ncnn3C(C)C)cn2CCO1.